The Morgan fingerprint density at radius 1 is 1.38 bits per heavy atom. The molecule has 0 aliphatic carbocycles. The van der Waals surface area contributed by atoms with E-state index in [1.165, 1.54) is 6.42 Å². The minimum absolute atomic E-state index is 0.542. The molecule has 4 nitrogen and oxygen atoms in total. The highest BCUT2D eigenvalue weighted by molar-refractivity contribution is 5.45. The molecule has 1 saturated heterocycles. The first-order valence-electron chi connectivity index (χ1n) is 4.48. The lowest BCUT2D eigenvalue weighted by Crippen LogP contribution is -2.29. The van der Waals surface area contributed by atoms with Crippen LogP contribution in [0.15, 0.2) is 18.3 Å². The van der Waals surface area contributed by atoms with Crippen LogP contribution in [0.2, 0.25) is 0 Å². The third kappa shape index (κ3) is 1.89. The first-order valence-corrected chi connectivity index (χ1v) is 4.48. The molecule has 0 bridgehead atoms. The normalized spacial score (nSPS) is 17.4. The molecule has 1 fully saturated rings. The molecular formula is C9H13N3O. The molecule has 0 amide bonds. The lowest BCUT2D eigenvalue weighted by atomic mass is 10.3. The predicted octanol–water partition coefficient (Wildman–Crippen LogP) is 1.20. The van der Waals surface area contributed by atoms with Crippen molar-refractivity contribution < 1.29 is 4.84 Å². The summed E-state index contributed by atoms with van der Waals surface area (Å²) in [5, 5.41) is 1.87. The van der Waals surface area contributed by atoms with Crippen molar-refractivity contribution in [3.63, 3.8) is 0 Å². The highest BCUT2D eigenvalue weighted by Gasteiger charge is 2.11. The zero-order valence-corrected chi connectivity index (χ0v) is 7.44. The van der Waals surface area contributed by atoms with E-state index in [1.807, 2.05) is 11.1 Å². The van der Waals surface area contributed by atoms with Crippen LogP contribution in [0.5, 0.6) is 0 Å². The van der Waals surface area contributed by atoms with Crippen molar-refractivity contribution in [3.8, 4) is 0 Å². The first kappa shape index (κ1) is 8.31. The summed E-state index contributed by atoms with van der Waals surface area (Å²) in [5.41, 5.74) is 6.47. The number of rotatable bonds is 1. The molecule has 2 heterocycles. The summed E-state index contributed by atoms with van der Waals surface area (Å²) < 4.78 is 0. The van der Waals surface area contributed by atoms with Gasteiger partial charge in [-0.15, -0.1) is 0 Å². The van der Waals surface area contributed by atoms with E-state index >= 15 is 0 Å². The Morgan fingerprint density at radius 2 is 2.31 bits per heavy atom. The van der Waals surface area contributed by atoms with E-state index in [0.29, 0.717) is 5.82 Å². The summed E-state index contributed by atoms with van der Waals surface area (Å²) in [4.78, 5) is 9.47. The molecule has 1 aromatic heterocycles. The van der Waals surface area contributed by atoms with Crippen molar-refractivity contribution >= 4 is 11.5 Å². The molecule has 1 aliphatic rings. The molecule has 2 rings (SSSR count). The molecule has 0 atom stereocenters. The number of hydrogen-bond donors (Lipinski definition) is 1. The van der Waals surface area contributed by atoms with Crippen molar-refractivity contribution in [1.82, 2.24) is 4.98 Å². The van der Waals surface area contributed by atoms with Crippen molar-refractivity contribution in [2.45, 2.75) is 12.8 Å². The largest absolute Gasteiger partial charge is 0.384 e. The molecule has 0 saturated carbocycles. The van der Waals surface area contributed by atoms with Crippen molar-refractivity contribution in [2.75, 3.05) is 23.9 Å². The van der Waals surface area contributed by atoms with Gasteiger partial charge in [-0.1, -0.05) is 0 Å². The van der Waals surface area contributed by atoms with Crippen LogP contribution in [0.1, 0.15) is 12.8 Å². The average Bonchev–Trinajstić information content (AvgIpc) is 2.20. The molecule has 0 spiro atoms. The molecule has 70 valence electrons. The molecule has 2 N–H and O–H groups in total. The Bertz CT molecular complexity index is 267. The van der Waals surface area contributed by atoms with E-state index in [-0.39, 0.29) is 0 Å². The molecule has 13 heavy (non-hydrogen) atoms. The van der Waals surface area contributed by atoms with E-state index in [1.54, 1.807) is 12.3 Å². The number of aromatic nitrogens is 1. The van der Waals surface area contributed by atoms with Crippen LogP contribution in [0, 0.1) is 0 Å². The van der Waals surface area contributed by atoms with Gasteiger partial charge in [0.2, 0.25) is 0 Å². The van der Waals surface area contributed by atoms with Crippen LogP contribution >= 0.6 is 0 Å². The van der Waals surface area contributed by atoms with E-state index < -0.39 is 0 Å². The monoisotopic (exact) mass is 179 g/mol. The van der Waals surface area contributed by atoms with Crippen LogP contribution in [0.25, 0.3) is 0 Å². The van der Waals surface area contributed by atoms with Gasteiger partial charge in [0.15, 0.2) is 0 Å². The highest BCUT2D eigenvalue weighted by atomic mass is 16.7. The third-order valence-electron chi connectivity index (χ3n) is 2.06. The van der Waals surface area contributed by atoms with Gasteiger partial charge in [-0.25, -0.2) is 4.98 Å². The highest BCUT2D eigenvalue weighted by Crippen LogP contribution is 2.17. The summed E-state index contributed by atoms with van der Waals surface area (Å²) in [5.74, 6) is 0.542. The topological polar surface area (TPSA) is 51.4 Å². The minimum atomic E-state index is 0.542. The zero-order valence-electron chi connectivity index (χ0n) is 7.44. The van der Waals surface area contributed by atoms with Gasteiger partial charge in [0.05, 0.1) is 18.5 Å². The third-order valence-corrected chi connectivity index (χ3v) is 2.06. The number of pyridine rings is 1. The Morgan fingerprint density at radius 3 is 2.92 bits per heavy atom. The van der Waals surface area contributed by atoms with Crippen LogP contribution in [0.3, 0.4) is 0 Å². The second-order valence-corrected chi connectivity index (χ2v) is 3.08. The molecule has 1 aromatic rings. The second-order valence-electron chi connectivity index (χ2n) is 3.08. The number of nitrogen functional groups attached to an aromatic ring is 1. The van der Waals surface area contributed by atoms with E-state index in [4.69, 9.17) is 10.6 Å². The van der Waals surface area contributed by atoms with Gasteiger partial charge in [-0.3, -0.25) is 9.90 Å². The Kier molecular flexibility index (Phi) is 2.31. The van der Waals surface area contributed by atoms with Crippen molar-refractivity contribution in [3.05, 3.63) is 18.3 Å². The van der Waals surface area contributed by atoms with Gasteiger partial charge in [-0.2, -0.15) is 0 Å². The molecule has 1 aliphatic heterocycles. The van der Waals surface area contributed by atoms with Crippen LogP contribution < -0.4 is 10.8 Å². The first-order chi connectivity index (χ1) is 6.36. The van der Waals surface area contributed by atoms with Gasteiger partial charge in [0, 0.05) is 6.54 Å². The lowest BCUT2D eigenvalue weighted by Gasteiger charge is -2.27. The van der Waals surface area contributed by atoms with E-state index in [0.717, 1.165) is 25.3 Å². The van der Waals surface area contributed by atoms with Gasteiger partial charge >= 0.3 is 0 Å². The molecule has 0 unspecified atom stereocenters. The number of hydroxylamine groups is 1. The number of hydrogen-bond acceptors (Lipinski definition) is 4. The lowest BCUT2D eigenvalue weighted by molar-refractivity contribution is 0.0777. The Hall–Kier alpha value is -1.29. The smallest absolute Gasteiger partial charge is 0.123 e. The Labute approximate surface area is 77.3 Å². The van der Waals surface area contributed by atoms with Gasteiger partial charge in [0.1, 0.15) is 5.82 Å². The Balaban J connectivity index is 2.10. The quantitative estimate of drug-likeness (QED) is 0.703. The van der Waals surface area contributed by atoms with Crippen LogP contribution in [-0.2, 0) is 4.84 Å². The van der Waals surface area contributed by atoms with Crippen molar-refractivity contribution in [2.24, 2.45) is 0 Å². The second kappa shape index (κ2) is 3.62. The molecule has 0 aromatic carbocycles. The average molecular weight is 179 g/mol. The zero-order chi connectivity index (χ0) is 9.10. The summed E-state index contributed by atoms with van der Waals surface area (Å²) in [6, 6.07) is 3.71. The summed E-state index contributed by atoms with van der Waals surface area (Å²) in [7, 11) is 0. The number of anilines is 2. The number of nitrogens with two attached hydrogens (primary N) is 1. The minimum Gasteiger partial charge on any atom is -0.384 e. The van der Waals surface area contributed by atoms with E-state index in [2.05, 4.69) is 4.98 Å². The maximum Gasteiger partial charge on any atom is 0.123 e. The SMILES string of the molecule is Nc1ccc(N2CCCCO2)cn1. The standard InChI is InChI=1S/C9H13N3O/c10-9-4-3-8(7-11-9)12-5-1-2-6-13-12/h3-4,7H,1-2,5-6H2,(H2,10,11). The van der Waals surface area contributed by atoms with Crippen LogP contribution in [-0.4, -0.2) is 18.1 Å². The summed E-state index contributed by atoms with van der Waals surface area (Å²) >= 11 is 0. The molecule has 0 radical (unpaired) electrons. The van der Waals surface area contributed by atoms with Gasteiger partial charge in [0.25, 0.3) is 0 Å². The van der Waals surface area contributed by atoms with Gasteiger partial charge < -0.3 is 5.73 Å². The maximum atomic E-state index is 5.49. The van der Waals surface area contributed by atoms with E-state index in [9.17, 15) is 0 Å². The molecule has 4 heteroatoms. The van der Waals surface area contributed by atoms with Crippen molar-refractivity contribution in [1.29, 1.82) is 0 Å². The van der Waals surface area contributed by atoms with Gasteiger partial charge in [-0.05, 0) is 25.0 Å². The fourth-order valence-electron chi connectivity index (χ4n) is 1.35. The maximum absolute atomic E-state index is 5.49. The summed E-state index contributed by atoms with van der Waals surface area (Å²) in [6.07, 6.45) is 4.05. The molecular weight excluding hydrogens is 166 g/mol. The number of nitrogens with zero attached hydrogens (tertiary/aromatic N) is 2. The summed E-state index contributed by atoms with van der Waals surface area (Å²) in [6.45, 7) is 1.73. The fraction of sp³-hybridized carbons (Fsp3) is 0.444. The van der Waals surface area contributed by atoms with Crippen LogP contribution in [0.4, 0.5) is 11.5 Å². The fourth-order valence-corrected chi connectivity index (χ4v) is 1.35. The predicted molar refractivity (Wildman–Crippen MR) is 51.2 cm³/mol.